The fourth-order valence-electron chi connectivity index (χ4n) is 5.31. The van der Waals surface area contributed by atoms with Crippen LogP contribution in [0.1, 0.15) is 70.1 Å². The molecule has 7 nitrogen and oxygen atoms in total. The van der Waals surface area contributed by atoms with Gasteiger partial charge in [0.15, 0.2) is 0 Å². The van der Waals surface area contributed by atoms with Crippen molar-refractivity contribution in [2.75, 3.05) is 0 Å². The zero-order chi connectivity index (χ0) is 29.4. The van der Waals surface area contributed by atoms with Crippen LogP contribution >= 0.6 is 0 Å². The molecular weight excluding hydrogens is 511 g/mol. The molecule has 0 saturated heterocycles. The molecule has 1 heterocycles. The number of ether oxygens (including phenoxy) is 2. The number of hydrogen-bond donors (Lipinski definition) is 2. The summed E-state index contributed by atoms with van der Waals surface area (Å²) in [4.78, 5) is 24.3. The van der Waals surface area contributed by atoms with Crippen molar-refractivity contribution < 1.29 is 23.8 Å². The number of aryl methyl sites for hydroxylation is 3. The molecule has 2 aromatic carbocycles. The number of carbonyl (C=O) groups is 1. The number of nitrogens with one attached hydrogen (secondary N) is 1. The molecule has 0 spiro atoms. The number of halogens is 1. The fraction of sp³-hybridized carbons (Fsp3) is 0.438. The van der Waals surface area contributed by atoms with Crippen molar-refractivity contribution in [3.05, 3.63) is 75.5 Å². The van der Waals surface area contributed by atoms with Gasteiger partial charge in [-0.25, -0.2) is 4.39 Å². The second-order valence-electron chi connectivity index (χ2n) is 11.8. The topological polar surface area (TPSA) is 89.8 Å². The van der Waals surface area contributed by atoms with E-state index in [0.717, 1.165) is 12.8 Å². The van der Waals surface area contributed by atoms with Gasteiger partial charge >= 0.3 is 0 Å². The molecule has 1 aromatic heterocycles. The number of hydrogen-bond acceptors (Lipinski definition) is 5. The molecule has 0 aliphatic heterocycles. The Labute approximate surface area is 235 Å². The Morgan fingerprint density at radius 1 is 1.07 bits per heavy atom. The second-order valence-corrected chi connectivity index (χ2v) is 11.8. The van der Waals surface area contributed by atoms with E-state index in [0.29, 0.717) is 57.9 Å². The lowest BCUT2D eigenvalue weighted by Crippen LogP contribution is -2.44. The van der Waals surface area contributed by atoms with Crippen LogP contribution in [0.25, 0.3) is 11.1 Å². The Hall–Kier alpha value is -3.65. The molecule has 1 aliphatic rings. The first-order valence-corrected chi connectivity index (χ1v) is 13.6. The number of aliphatic hydroxyl groups is 1. The van der Waals surface area contributed by atoms with Gasteiger partial charge in [-0.2, -0.15) is 0 Å². The summed E-state index contributed by atoms with van der Waals surface area (Å²) >= 11 is 0. The summed E-state index contributed by atoms with van der Waals surface area (Å²) in [7, 11) is 1.67. The molecule has 40 heavy (non-hydrogen) atoms. The predicted octanol–water partition coefficient (Wildman–Crippen LogP) is 6.04. The first-order chi connectivity index (χ1) is 18.6. The number of pyridine rings is 1. The Kier molecular flexibility index (Phi) is 8.13. The highest BCUT2D eigenvalue weighted by Gasteiger charge is 2.34. The van der Waals surface area contributed by atoms with Gasteiger partial charge in [0.05, 0.1) is 5.60 Å². The summed E-state index contributed by atoms with van der Waals surface area (Å²) in [6.07, 6.45) is 4.65. The van der Waals surface area contributed by atoms with Crippen molar-refractivity contribution >= 4 is 5.91 Å². The van der Waals surface area contributed by atoms with Gasteiger partial charge in [-0.05, 0) is 101 Å². The van der Waals surface area contributed by atoms with Crippen molar-refractivity contribution in [3.8, 4) is 28.4 Å². The average molecular weight is 551 g/mol. The Bertz CT molecular complexity index is 1460. The van der Waals surface area contributed by atoms with E-state index in [1.807, 2.05) is 13.0 Å². The summed E-state index contributed by atoms with van der Waals surface area (Å²) < 4.78 is 28.5. The molecule has 0 bridgehead atoms. The van der Waals surface area contributed by atoms with E-state index in [1.165, 1.54) is 29.7 Å². The van der Waals surface area contributed by atoms with Gasteiger partial charge < -0.3 is 24.5 Å². The van der Waals surface area contributed by atoms with Crippen molar-refractivity contribution in [1.29, 1.82) is 0 Å². The maximum Gasteiger partial charge on any atom is 0.254 e. The third-order valence-electron chi connectivity index (χ3n) is 7.61. The molecule has 1 saturated carbocycles. The smallest absolute Gasteiger partial charge is 0.254 e. The maximum absolute atomic E-state index is 14.0. The first-order valence-electron chi connectivity index (χ1n) is 13.6. The molecule has 1 fully saturated rings. The molecule has 1 amide bonds. The summed E-state index contributed by atoms with van der Waals surface area (Å²) in [5.41, 5.74) is 1.31. The summed E-state index contributed by atoms with van der Waals surface area (Å²) in [5.74, 6) is 1.04. The lowest BCUT2D eigenvalue weighted by molar-refractivity contribution is -0.120. The zero-order valence-electron chi connectivity index (χ0n) is 24.4. The van der Waals surface area contributed by atoms with Crippen molar-refractivity contribution in [2.24, 2.45) is 7.05 Å². The molecule has 214 valence electrons. The van der Waals surface area contributed by atoms with E-state index in [4.69, 9.17) is 9.47 Å². The van der Waals surface area contributed by atoms with Crippen LogP contribution in [0.4, 0.5) is 4.39 Å². The zero-order valence-corrected chi connectivity index (χ0v) is 24.4. The number of benzene rings is 2. The van der Waals surface area contributed by atoms with Crippen LogP contribution in [-0.4, -0.2) is 27.2 Å². The van der Waals surface area contributed by atoms with E-state index < -0.39 is 11.2 Å². The van der Waals surface area contributed by atoms with Crippen LogP contribution in [-0.2, 0) is 17.4 Å². The van der Waals surface area contributed by atoms with Crippen LogP contribution < -0.4 is 20.3 Å². The van der Waals surface area contributed by atoms with Crippen LogP contribution in [0.3, 0.4) is 0 Å². The van der Waals surface area contributed by atoms with E-state index in [2.05, 4.69) is 5.32 Å². The Morgan fingerprint density at radius 3 is 2.27 bits per heavy atom. The van der Waals surface area contributed by atoms with Crippen LogP contribution in [0.2, 0.25) is 0 Å². The summed E-state index contributed by atoms with van der Waals surface area (Å²) in [5, 5.41) is 13.8. The normalized spacial score (nSPS) is 19.3. The number of amides is 1. The Balaban J connectivity index is 1.81. The fourth-order valence-corrected chi connectivity index (χ4v) is 5.31. The van der Waals surface area contributed by atoms with Crippen LogP contribution in [0, 0.1) is 19.7 Å². The average Bonchev–Trinajstić information content (AvgIpc) is 2.84. The van der Waals surface area contributed by atoms with Gasteiger partial charge in [0.25, 0.3) is 5.56 Å². The molecule has 3 aromatic rings. The highest BCUT2D eigenvalue weighted by molar-refractivity contribution is 5.77. The lowest BCUT2D eigenvalue weighted by Gasteiger charge is -2.38. The molecule has 2 N–H and O–H groups in total. The standard InChI is InChI=1S/C32H39FN2O5/c1-19-14-23(33)15-20(2)30(19)39-27-9-8-22(31(4,5)38)16-25(27)26-18-35(7)29(37)17-28(26)40-32(6)12-10-24(11-13-32)34-21(3)36/h8-9,14-18,24,38H,10-13H2,1-7H3,(H,34,36). The SMILES string of the molecule is CC(=O)NC1CCC(C)(Oc2cc(=O)n(C)cc2-c2cc(C(C)(C)O)ccc2Oc2c(C)cc(F)cc2C)CC1. The van der Waals surface area contributed by atoms with Crippen LogP contribution in [0.15, 0.2) is 47.4 Å². The largest absolute Gasteiger partial charge is 0.487 e. The minimum absolute atomic E-state index is 0.0470. The quantitative estimate of drug-likeness (QED) is 0.374. The van der Waals surface area contributed by atoms with Crippen molar-refractivity contribution in [2.45, 2.75) is 84.5 Å². The summed E-state index contributed by atoms with van der Waals surface area (Å²) in [6, 6.07) is 9.84. The molecule has 1 aliphatic carbocycles. The molecule has 0 unspecified atom stereocenters. The predicted molar refractivity (Wildman–Crippen MR) is 153 cm³/mol. The Morgan fingerprint density at radius 2 is 1.70 bits per heavy atom. The maximum atomic E-state index is 14.0. The van der Waals surface area contributed by atoms with Gasteiger partial charge in [-0.1, -0.05) is 6.07 Å². The highest BCUT2D eigenvalue weighted by atomic mass is 19.1. The van der Waals surface area contributed by atoms with E-state index in [1.54, 1.807) is 53.1 Å². The third-order valence-corrected chi connectivity index (χ3v) is 7.61. The number of carbonyl (C=O) groups excluding carboxylic acids is 1. The number of rotatable bonds is 7. The van der Waals surface area contributed by atoms with Gasteiger partial charge in [0, 0.05) is 43.4 Å². The molecule has 0 radical (unpaired) electrons. The molecule has 4 rings (SSSR count). The van der Waals surface area contributed by atoms with E-state index in [9.17, 15) is 19.1 Å². The molecule has 8 heteroatoms. The van der Waals surface area contributed by atoms with Gasteiger partial charge in [-0.3, -0.25) is 9.59 Å². The molecular formula is C32H39FN2O5. The minimum Gasteiger partial charge on any atom is -0.487 e. The van der Waals surface area contributed by atoms with Crippen molar-refractivity contribution in [3.63, 3.8) is 0 Å². The van der Waals surface area contributed by atoms with Crippen molar-refractivity contribution in [1.82, 2.24) is 9.88 Å². The monoisotopic (exact) mass is 550 g/mol. The highest BCUT2D eigenvalue weighted by Crippen LogP contribution is 2.43. The molecule has 0 atom stereocenters. The van der Waals surface area contributed by atoms with Gasteiger partial charge in [0.1, 0.15) is 28.7 Å². The van der Waals surface area contributed by atoms with Gasteiger partial charge in [-0.15, -0.1) is 0 Å². The number of aromatic nitrogens is 1. The van der Waals surface area contributed by atoms with Crippen LogP contribution in [0.5, 0.6) is 17.2 Å². The van der Waals surface area contributed by atoms with Gasteiger partial charge in [0.2, 0.25) is 5.91 Å². The first kappa shape index (κ1) is 29.3. The number of nitrogens with zero attached hydrogens (tertiary/aromatic N) is 1. The van der Waals surface area contributed by atoms with E-state index in [-0.39, 0.29) is 23.3 Å². The minimum atomic E-state index is -1.13. The second kappa shape index (κ2) is 11.1. The van der Waals surface area contributed by atoms with E-state index >= 15 is 0 Å². The summed E-state index contributed by atoms with van der Waals surface area (Å²) in [6.45, 7) is 10.5. The lowest BCUT2D eigenvalue weighted by atomic mass is 9.83. The third kappa shape index (κ3) is 6.55.